The average Bonchev–Trinajstić information content (AvgIpc) is 2.53. The molecule has 1 aliphatic rings. The van der Waals surface area contributed by atoms with Crippen LogP contribution in [0.25, 0.3) is 0 Å². The zero-order valence-corrected chi connectivity index (χ0v) is 13.0. The quantitative estimate of drug-likeness (QED) is 0.806. The van der Waals surface area contributed by atoms with Crippen molar-refractivity contribution in [1.29, 1.82) is 0 Å². The number of piperazine rings is 1. The molecule has 1 amide bonds. The topological polar surface area (TPSA) is 55.8 Å². The molecule has 0 spiro atoms. The Morgan fingerprint density at radius 1 is 1.29 bits per heavy atom. The second-order valence-corrected chi connectivity index (χ2v) is 5.54. The Morgan fingerprint density at radius 3 is 2.43 bits per heavy atom. The number of nitrogens with one attached hydrogen (secondary N) is 1. The summed E-state index contributed by atoms with van der Waals surface area (Å²) in [5.41, 5.74) is 2.12. The van der Waals surface area contributed by atoms with Gasteiger partial charge in [0, 0.05) is 51.0 Å². The fourth-order valence-corrected chi connectivity index (χ4v) is 2.47. The van der Waals surface area contributed by atoms with Gasteiger partial charge in [-0.15, -0.1) is 11.6 Å². The first-order valence-corrected chi connectivity index (χ1v) is 7.72. The summed E-state index contributed by atoms with van der Waals surface area (Å²) in [6, 6.07) is 8.10. The average molecular weight is 312 g/mol. The summed E-state index contributed by atoms with van der Waals surface area (Å²) in [6.45, 7) is 5.33. The van der Waals surface area contributed by atoms with Crippen LogP contribution in [-0.2, 0) is 4.79 Å². The monoisotopic (exact) mass is 311 g/mol. The second-order valence-electron chi connectivity index (χ2n) is 5.23. The summed E-state index contributed by atoms with van der Waals surface area (Å²) in [5, 5.41) is 12.6. The van der Waals surface area contributed by atoms with Crippen LogP contribution in [0.1, 0.15) is 6.92 Å². The number of aliphatic hydroxyl groups is 1. The number of amides is 1. The van der Waals surface area contributed by atoms with E-state index in [1.807, 2.05) is 17.0 Å². The van der Waals surface area contributed by atoms with Crippen molar-refractivity contribution in [3.8, 4) is 0 Å². The van der Waals surface area contributed by atoms with Crippen LogP contribution in [0.3, 0.4) is 0 Å². The van der Waals surface area contributed by atoms with Crippen LogP contribution in [0, 0.1) is 0 Å². The Morgan fingerprint density at radius 2 is 1.90 bits per heavy atom. The Labute approximate surface area is 130 Å². The molecule has 2 rings (SSSR count). The van der Waals surface area contributed by atoms with Gasteiger partial charge in [-0.3, -0.25) is 4.79 Å². The molecule has 2 N–H and O–H groups in total. The molecule has 116 valence electrons. The van der Waals surface area contributed by atoms with Gasteiger partial charge in [0.05, 0.1) is 12.0 Å². The number of benzene rings is 1. The number of carbonyl (C=O) groups excluding carboxylic acids is 1. The molecule has 0 aliphatic carbocycles. The van der Waals surface area contributed by atoms with Gasteiger partial charge in [-0.05, 0) is 24.3 Å². The number of anilines is 2. The number of halogens is 1. The number of carbonyl (C=O) groups is 1. The van der Waals surface area contributed by atoms with Crippen molar-refractivity contribution in [2.75, 3.05) is 48.8 Å². The molecule has 1 aromatic rings. The van der Waals surface area contributed by atoms with E-state index in [9.17, 15) is 9.90 Å². The highest BCUT2D eigenvalue weighted by molar-refractivity contribution is 6.18. The molecular formula is C15H22ClN3O2. The van der Waals surface area contributed by atoms with Crippen LogP contribution in [0.5, 0.6) is 0 Å². The lowest BCUT2D eigenvalue weighted by Gasteiger charge is -2.35. The Bertz CT molecular complexity index is 458. The predicted molar refractivity (Wildman–Crippen MR) is 86.1 cm³/mol. The van der Waals surface area contributed by atoms with Gasteiger partial charge in [-0.1, -0.05) is 0 Å². The highest BCUT2D eigenvalue weighted by Crippen LogP contribution is 2.19. The summed E-state index contributed by atoms with van der Waals surface area (Å²) in [5.74, 6) is 0.373. The number of rotatable bonds is 5. The first-order chi connectivity index (χ1) is 10.1. The third kappa shape index (κ3) is 4.51. The van der Waals surface area contributed by atoms with E-state index in [1.165, 1.54) is 0 Å². The molecule has 0 radical (unpaired) electrons. The molecule has 0 saturated carbocycles. The van der Waals surface area contributed by atoms with Crippen molar-refractivity contribution in [3.63, 3.8) is 0 Å². The van der Waals surface area contributed by atoms with Crippen molar-refractivity contribution in [3.05, 3.63) is 24.3 Å². The summed E-state index contributed by atoms with van der Waals surface area (Å²) in [4.78, 5) is 15.5. The largest absolute Gasteiger partial charge is 0.390 e. The molecule has 1 aliphatic heterocycles. The van der Waals surface area contributed by atoms with Crippen LogP contribution in [-0.4, -0.2) is 60.6 Å². The van der Waals surface area contributed by atoms with Gasteiger partial charge in [0.2, 0.25) is 5.91 Å². The van der Waals surface area contributed by atoms with Gasteiger partial charge < -0.3 is 20.2 Å². The van der Waals surface area contributed by atoms with Gasteiger partial charge in [0.25, 0.3) is 0 Å². The Hall–Kier alpha value is -1.46. The first-order valence-electron chi connectivity index (χ1n) is 7.18. The standard InChI is InChI=1S/C15H22ClN3O2/c1-12(20)18-6-8-19(9-7-18)14-4-2-13(3-5-14)17-11-15(21)10-16/h2-5,15,17,21H,6-11H2,1H3. The molecule has 0 aromatic heterocycles. The number of hydrogen-bond donors (Lipinski definition) is 2. The van der Waals surface area contributed by atoms with Crippen molar-refractivity contribution in [2.45, 2.75) is 13.0 Å². The lowest BCUT2D eigenvalue weighted by atomic mass is 10.2. The van der Waals surface area contributed by atoms with E-state index in [4.69, 9.17) is 11.6 Å². The molecule has 1 aromatic carbocycles. The minimum atomic E-state index is -0.536. The van der Waals surface area contributed by atoms with E-state index >= 15 is 0 Å². The second kappa shape index (κ2) is 7.52. The smallest absolute Gasteiger partial charge is 0.219 e. The van der Waals surface area contributed by atoms with Crippen LogP contribution in [0.15, 0.2) is 24.3 Å². The molecule has 0 bridgehead atoms. The number of nitrogens with zero attached hydrogens (tertiary/aromatic N) is 2. The molecule has 1 heterocycles. The molecule has 1 atom stereocenters. The maximum Gasteiger partial charge on any atom is 0.219 e. The van der Waals surface area contributed by atoms with E-state index in [1.54, 1.807) is 6.92 Å². The molecule has 1 unspecified atom stereocenters. The molecular weight excluding hydrogens is 290 g/mol. The summed E-state index contributed by atoms with van der Waals surface area (Å²) >= 11 is 5.55. The minimum absolute atomic E-state index is 0.145. The number of aliphatic hydroxyl groups excluding tert-OH is 1. The van der Waals surface area contributed by atoms with E-state index in [2.05, 4.69) is 22.3 Å². The zero-order valence-electron chi connectivity index (χ0n) is 12.3. The van der Waals surface area contributed by atoms with Crippen LogP contribution >= 0.6 is 11.6 Å². The normalized spacial score (nSPS) is 16.7. The van der Waals surface area contributed by atoms with Crippen LogP contribution in [0.2, 0.25) is 0 Å². The first kappa shape index (κ1) is 15.9. The summed E-state index contributed by atoms with van der Waals surface area (Å²) < 4.78 is 0. The Kier molecular flexibility index (Phi) is 5.70. The van der Waals surface area contributed by atoms with Gasteiger partial charge >= 0.3 is 0 Å². The molecule has 1 saturated heterocycles. The SMILES string of the molecule is CC(=O)N1CCN(c2ccc(NCC(O)CCl)cc2)CC1. The van der Waals surface area contributed by atoms with Crippen molar-refractivity contribution in [2.24, 2.45) is 0 Å². The molecule has 21 heavy (non-hydrogen) atoms. The van der Waals surface area contributed by atoms with Crippen molar-refractivity contribution >= 4 is 28.9 Å². The molecule has 6 heteroatoms. The summed E-state index contributed by atoms with van der Waals surface area (Å²) in [7, 11) is 0. The van der Waals surface area contributed by atoms with Gasteiger partial charge in [0.15, 0.2) is 0 Å². The van der Waals surface area contributed by atoms with E-state index < -0.39 is 6.10 Å². The molecule has 1 fully saturated rings. The lowest BCUT2D eigenvalue weighted by Crippen LogP contribution is -2.48. The Balaban J connectivity index is 1.86. The fourth-order valence-electron chi connectivity index (χ4n) is 2.36. The third-order valence-electron chi connectivity index (χ3n) is 3.68. The minimum Gasteiger partial charge on any atom is -0.390 e. The van der Waals surface area contributed by atoms with Crippen molar-refractivity contribution < 1.29 is 9.90 Å². The maximum absolute atomic E-state index is 11.3. The van der Waals surface area contributed by atoms with E-state index in [-0.39, 0.29) is 11.8 Å². The summed E-state index contributed by atoms with van der Waals surface area (Å²) in [6.07, 6.45) is -0.536. The van der Waals surface area contributed by atoms with E-state index in [0.29, 0.717) is 6.54 Å². The van der Waals surface area contributed by atoms with Gasteiger partial charge in [-0.2, -0.15) is 0 Å². The van der Waals surface area contributed by atoms with Crippen LogP contribution in [0.4, 0.5) is 11.4 Å². The van der Waals surface area contributed by atoms with Crippen molar-refractivity contribution in [1.82, 2.24) is 4.90 Å². The highest BCUT2D eigenvalue weighted by Gasteiger charge is 2.18. The zero-order chi connectivity index (χ0) is 15.2. The van der Waals surface area contributed by atoms with Gasteiger partial charge in [0.1, 0.15) is 0 Å². The van der Waals surface area contributed by atoms with Gasteiger partial charge in [-0.25, -0.2) is 0 Å². The van der Waals surface area contributed by atoms with E-state index in [0.717, 1.165) is 37.6 Å². The maximum atomic E-state index is 11.3. The van der Waals surface area contributed by atoms with Crippen LogP contribution < -0.4 is 10.2 Å². The number of hydrogen-bond acceptors (Lipinski definition) is 4. The number of alkyl halides is 1. The predicted octanol–water partition coefficient (Wildman–Crippen LogP) is 1.37. The molecule has 5 nitrogen and oxygen atoms in total. The fraction of sp³-hybridized carbons (Fsp3) is 0.533. The highest BCUT2D eigenvalue weighted by atomic mass is 35.5. The lowest BCUT2D eigenvalue weighted by molar-refractivity contribution is -0.129. The third-order valence-corrected chi connectivity index (χ3v) is 4.03.